The highest BCUT2D eigenvalue weighted by Gasteiger charge is 2.11. The Labute approximate surface area is 148 Å². The maximum absolute atomic E-state index is 12.1. The summed E-state index contributed by atoms with van der Waals surface area (Å²) in [5, 5.41) is 2.78. The van der Waals surface area contributed by atoms with Gasteiger partial charge in [0.2, 0.25) is 5.91 Å². The zero-order chi connectivity index (χ0) is 18.1. The Morgan fingerprint density at radius 3 is 2.36 bits per heavy atom. The Hall–Kier alpha value is -2.66. The van der Waals surface area contributed by atoms with Gasteiger partial charge in [-0.1, -0.05) is 30.3 Å². The van der Waals surface area contributed by atoms with Crippen LogP contribution in [-0.2, 0) is 4.79 Å². The minimum Gasteiger partial charge on any atom is -0.494 e. The van der Waals surface area contributed by atoms with Crippen LogP contribution in [0.5, 0.6) is 5.75 Å². The van der Waals surface area contributed by atoms with E-state index in [0.717, 1.165) is 11.3 Å². The number of hydrogen-bond donors (Lipinski definition) is 2. The molecule has 0 aliphatic heterocycles. The minimum absolute atomic E-state index is 0.0643. The van der Waals surface area contributed by atoms with E-state index in [1.807, 2.05) is 37.3 Å². The van der Waals surface area contributed by atoms with E-state index in [0.29, 0.717) is 18.7 Å². The first-order valence-corrected chi connectivity index (χ1v) is 8.43. The molecular weight excluding hydrogens is 316 g/mol. The molecule has 0 saturated heterocycles. The zero-order valence-electron chi connectivity index (χ0n) is 14.4. The van der Waals surface area contributed by atoms with Gasteiger partial charge in [-0.05, 0) is 36.8 Å². The summed E-state index contributed by atoms with van der Waals surface area (Å²) in [6, 6.07) is 16.3. The first kappa shape index (κ1) is 18.7. The third-order valence-corrected chi connectivity index (χ3v) is 3.81. The number of carbonyl (C=O) groups excluding carboxylic acids is 2. The van der Waals surface area contributed by atoms with Crippen LogP contribution in [0, 0.1) is 0 Å². The molecule has 1 atom stereocenters. The lowest BCUT2D eigenvalue weighted by molar-refractivity contribution is -0.121. The molecule has 25 heavy (non-hydrogen) atoms. The number of amides is 1. The lowest BCUT2D eigenvalue weighted by atomic mass is 10.1. The van der Waals surface area contributed by atoms with Crippen LogP contribution in [0.25, 0.3) is 0 Å². The monoisotopic (exact) mass is 340 g/mol. The number of nitrogens with two attached hydrogens (primary N) is 1. The molecule has 2 aromatic rings. The van der Waals surface area contributed by atoms with Gasteiger partial charge in [0.05, 0.1) is 6.61 Å². The molecule has 0 bridgehead atoms. The van der Waals surface area contributed by atoms with Crippen molar-refractivity contribution in [1.29, 1.82) is 0 Å². The highest BCUT2D eigenvalue weighted by Crippen LogP contribution is 2.14. The van der Waals surface area contributed by atoms with E-state index in [1.54, 1.807) is 24.3 Å². The van der Waals surface area contributed by atoms with Crippen LogP contribution in [0.3, 0.4) is 0 Å². The largest absolute Gasteiger partial charge is 0.494 e. The van der Waals surface area contributed by atoms with Crippen molar-refractivity contribution < 1.29 is 14.3 Å². The number of rotatable bonds is 9. The molecule has 5 heteroatoms. The second-order valence-corrected chi connectivity index (χ2v) is 5.70. The fraction of sp³-hybridized carbons (Fsp3) is 0.300. The third-order valence-electron chi connectivity index (χ3n) is 3.81. The molecule has 2 aromatic carbocycles. The summed E-state index contributed by atoms with van der Waals surface area (Å²) in [6.45, 7) is 2.83. The normalized spacial score (nSPS) is 11.6. The lowest BCUT2D eigenvalue weighted by Crippen LogP contribution is -2.32. The highest BCUT2D eigenvalue weighted by atomic mass is 16.5. The molecule has 0 saturated carbocycles. The summed E-state index contributed by atoms with van der Waals surface area (Å²) >= 11 is 0. The van der Waals surface area contributed by atoms with Gasteiger partial charge < -0.3 is 15.8 Å². The molecule has 5 nitrogen and oxygen atoms in total. The number of ether oxygens (including phenoxy) is 1. The van der Waals surface area contributed by atoms with Crippen LogP contribution in [0.1, 0.15) is 41.7 Å². The standard InChI is InChI=1S/C20H24N2O3/c1-2-25-17-10-8-16(9-11-17)19(23)12-13-20(24)22-14-18(21)15-6-4-3-5-7-15/h3-11,18H,2,12-14,21H2,1H3,(H,22,24). The van der Waals surface area contributed by atoms with E-state index in [4.69, 9.17) is 10.5 Å². The smallest absolute Gasteiger partial charge is 0.220 e. The van der Waals surface area contributed by atoms with Crippen LogP contribution in [-0.4, -0.2) is 24.8 Å². The van der Waals surface area contributed by atoms with E-state index in [-0.39, 0.29) is 30.6 Å². The summed E-state index contributed by atoms with van der Waals surface area (Å²) in [6.07, 6.45) is 0.313. The van der Waals surface area contributed by atoms with Crippen molar-refractivity contribution in [2.24, 2.45) is 5.73 Å². The first-order chi connectivity index (χ1) is 12.1. The predicted octanol–water partition coefficient (Wildman–Crippen LogP) is 2.86. The molecule has 0 aromatic heterocycles. The maximum Gasteiger partial charge on any atom is 0.220 e. The van der Waals surface area contributed by atoms with Crippen molar-refractivity contribution in [3.8, 4) is 5.75 Å². The van der Waals surface area contributed by atoms with E-state index < -0.39 is 0 Å². The van der Waals surface area contributed by atoms with Crippen molar-refractivity contribution in [2.45, 2.75) is 25.8 Å². The molecular formula is C20H24N2O3. The van der Waals surface area contributed by atoms with Gasteiger partial charge in [-0.25, -0.2) is 0 Å². The number of Topliss-reactive ketones (excluding diaryl/α,β-unsaturated/α-hetero) is 1. The van der Waals surface area contributed by atoms with Gasteiger partial charge in [0, 0.05) is 31.0 Å². The summed E-state index contributed by atoms with van der Waals surface area (Å²) in [5.41, 5.74) is 7.58. The molecule has 132 valence electrons. The molecule has 0 radical (unpaired) electrons. The quantitative estimate of drug-likeness (QED) is 0.688. The second-order valence-electron chi connectivity index (χ2n) is 5.70. The van der Waals surface area contributed by atoms with E-state index in [9.17, 15) is 9.59 Å². The van der Waals surface area contributed by atoms with Crippen LogP contribution in [0.2, 0.25) is 0 Å². The Bertz CT molecular complexity index is 684. The molecule has 1 amide bonds. The number of benzene rings is 2. The molecule has 0 fully saturated rings. The third kappa shape index (κ3) is 6.04. The van der Waals surface area contributed by atoms with Crippen LogP contribution < -0.4 is 15.8 Å². The van der Waals surface area contributed by atoms with Gasteiger partial charge in [0.25, 0.3) is 0 Å². The van der Waals surface area contributed by atoms with Crippen LogP contribution in [0.15, 0.2) is 54.6 Å². The van der Waals surface area contributed by atoms with Gasteiger partial charge in [-0.2, -0.15) is 0 Å². The van der Waals surface area contributed by atoms with E-state index in [1.165, 1.54) is 0 Å². The van der Waals surface area contributed by atoms with Crippen LogP contribution in [0.4, 0.5) is 0 Å². The fourth-order valence-electron chi connectivity index (χ4n) is 2.41. The van der Waals surface area contributed by atoms with Gasteiger partial charge in [0.15, 0.2) is 5.78 Å². The summed E-state index contributed by atoms with van der Waals surface area (Å²) in [4.78, 5) is 24.0. The zero-order valence-corrected chi connectivity index (χ0v) is 14.4. The number of hydrogen-bond acceptors (Lipinski definition) is 4. The van der Waals surface area contributed by atoms with Crippen molar-refractivity contribution in [1.82, 2.24) is 5.32 Å². The molecule has 0 aliphatic rings. The molecule has 1 unspecified atom stereocenters. The molecule has 3 N–H and O–H groups in total. The summed E-state index contributed by atoms with van der Waals surface area (Å²) < 4.78 is 5.34. The van der Waals surface area contributed by atoms with Gasteiger partial charge in [-0.3, -0.25) is 9.59 Å². The van der Waals surface area contributed by atoms with E-state index in [2.05, 4.69) is 5.32 Å². The fourth-order valence-corrected chi connectivity index (χ4v) is 2.41. The molecule has 2 rings (SSSR count). The Balaban J connectivity index is 1.74. The molecule has 0 spiro atoms. The minimum atomic E-state index is -0.257. The highest BCUT2D eigenvalue weighted by molar-refractivity contribution is 5.98. The predicted molar refractivity (Wildman–Crippen MR) is 97.6 cm³/mol. The van der Waals surface area contributed by atoms with Crippen molar-refractivity contribution >= 4 is 11.7 Å². The Kier molecular flexibility index (Phi) is 7.16. The second kappa shape index (κ2) is 9.59. The SMILES string of the molecule is CCOc1ccc(C(=O)CCC(=O)NCC(N)c2ccccc2)cc1. The number of carbonyl (C=O) groups is 2. The summed E-state index contributed by atoms with van der Waals surface area (Å²) in [5.74, 6) is 0.489. The Morgan fingerprint density at radius 1 is 1.04 bits per heavy atom. The van der Waals surface area contributed by atoms with Gasteiger partial charge in [-0.15, -0.1) is 0 Å². The van der Waals surface area contributed by atoms with Gasteiger partial charge >= 0.3 is 0 Å². The summed E-state index contributed by atoms with van der Waals surface area (Å²) in [7, 11) is 0. The van der Waals surface area contributed by atoms with Gasteiger partial charge in [0.1, 0.15) is 5.75 Å². The maximum atomic E-state index is 12.1. The number of ketones is 1. The van der Waals surface area contributed by atoms with Crippen molar-refractivity contribution in [2.75, 3.05) is 13.2 Å². The van der Waals surface area contributed by atoms with Crippen molar-refractivity contribution in [3.63, 3.8) is 0 Å². The lowest BCUT2D eigenvalue weighted by Gasteiger charge is -2.13. The van der Waals surface area contributed by atoms with Crippen molar-refractivity contribution in [3.05, 3.63) is 65.7 Å². The average Bonchev–Trinajstić information content (AvgIpc) is 2.65. The average molecular weight is 340 g/mol. The Morgan fingerprint density at radius 2 is 1.72 bits per heavy atom. The van der Waals surface area contributed by atoms with Crippen LogP contribution >= 0.6 is 0 Å². The molecule has 0 heterocycles. The first-order valence-electron chi connectivity index (χ1n) is 8.43. The number of nitrogens with one attached hydrogen (secondary N) is 1. The molecule has 0 aliphatic carbocycles. The topological polar surface area (TPSA) is 81.4 Å². The van der Waals surface area contributed by atoms with E-state index >= 15 is 0 Å².